The lowest BCUT2D eigenvalue weighted by Crippen LogP contribution is -2.08. The van der Waals surface area contributed by atoms with Crippen molar-refractivity contribution in [1.29, 1.82) is 0 Å². The Kier molecular flexibility index (Phi) is 3.95. The van der Waals surface area contributed by atoms with Crippen LogP contribution >= 0.6 is 0 Å². The number of hydrogen-bond acceptors (Lipinski definition) is 2. The molecule has 0 saturated carbocycles. The maximum atomic E-state index is 12.9. The molecule has 0 amide bonds. The van der Waals surface area contributed by atoms with Gasteiger partial charge in [0, 0.05) is 0 Å². The highest BCUT2D eigenvalue weighted by atomic mass is 32.2. The highest BCUT2D eigenvalue weighted by Gasteiger charge is 2.18. The molecule has 0 atom stereocenters. The smallest absolute Gasteiger partial charge is 0.182 e. The van der Waals surface area contributed by atoms with Crippen LogP contribution in [0.1, 0.15) is 22.3 Å². The summed E-state index contributed by atoms with van der Waals surface area (Å²) in [7, 11) is -3.45. The van der Waals surface area contributed by atoms with Gasteiger partial charge in [0.1, 0.15) is 5.82 Å². The van der Waals surface area contributed by atoms with E-state index in [-0.39, 0.29) is 10.6 Å². The number of halogens is 1. The SMILES string of the molecule is Cc1cc(C)c(CS(=O)(=O)c2ccc(F)cc2)c(C)c1. The van der Waals surface area contributed by atoms with E-state index in [1.54, 1.807) is 0 Å². The van der Waals surface area contributed by atoms with Crippen molar-refractivity contribution in [1.82, 2.24) is 0 Å². The van der Waals surface area contributed by atoms with E-state index in [1.165, 1.54) is 24.3 Å². The summed E-state index contributed by atoms with van der Waals surface area (Å²) in [6.07, 6.45) is 0. The summed E-state index contributed by atoms with van der Waals surface area (Å²) in [6, 6.07) is 8.90. The van der Waals surface area contributed by atoms with Gasteiger partial charge in [0.15, 0.2) is 9.84 Å². The fourth-order valence-corrected chi connectivity index (χ4v) is 3.91. The van der Waals surface area contributed by atoms with Gasteiger partial charge < -0.3 is 0 Å². The molecule has 0 saturated heterocycles. The zero-order chi connectivity index (χ0) is 14.9. The minimum absolute atomic E-state index is 0.0589. The normalized spacial score (nSPS) is 11.6. The molecule has 0 aromatic heterocycles. The standard InChI is InChI=1S/C16H17FO2S/c1-11-8-12(2)16(13(3)9-11)10-20(18,19)15-6-4-14(17)5-7-15/h4-9H,10H2,1-3H3. The van der Waals surface area contributed by atoms with Crippen LogP contribution < -0.4 is 0 Å². The average molecular weight is 292 g/mol. The van der Waals surface area contributed by atoms with Gasteiger partial charge in [-0.05, 0) is 61.7 Å². The van der Waals surface area contributed by atoms with E-state index >= 15 is 0 Å². The number of hydrogen-bond donors (Lipinski definition) is 0. The summed E-state index contributed by atoms with van der Waals surface area (Å²) in [4.78, 5) is 0.151. The Hall–Kier alpha value is -1.68. The second-order valence-electron chi connectivity index (χ2n) is 5.09. The van der Waals surface area contributed by atoms with Crippen molar-refractivity contribution >= 4 is 9.84 Å². The van der Waals surface area contributed by atoms with Crippen LogP contribution in [0.25, 0.3) is 0 Å². The molecular formula is C16H17FO2S. The number of benzene rings is 2. The summed E-state index contributed by atoms with van der Waals surface area (Å²) in [5, 5.41) is 0. The molecule has 0 unspecified atom stereocenters. The number of rotatable bonds is 3. The molecule has 2 rings (SSSR count). The van der Waals surface area contributed by atoms with Crippen molar-refractivity contribution in [2.45, 2.75) is 31.4 Å². The molecule has 0 aliphatic carbocycles. The van der Waals surface area contributed by atoms with Gasteiger partial charge >= 0.3 is 0 Å². The largest absolute Gasteiger partial charge is 0.223 e. The van der Waals surface area contributed by atoms with Gasteiger partial charge in [0.2, 0.25) is 0 Å². The Balaban J connectivity index is 2.41. The van der Waals surface area contributed by atoms with Gasteiger partial charge in [-0.1, -0.05) is 17.7 Å². The molecule has 4 heteroatoms. The molecule has 0 bridgehead atoms. The Labute approximate surface area is 119 Å². The van der Waals surface area contributed by atoms with Gasteiger partial charge in [-0.2, -0.15) is 0 Å². The topological polar surface area (TPSA) is 34.1 Å². The van der Waals surface area contributed by atoms with Crippen molar-refractivity contribution in [2.24, 2.45) is 0 Å². The minimum Gasteiger partial charge on any atom is -0.223 e. The Bertz CT molecular complexity index is 709. The van der Waals surface area contributed by atoms with Crippen LogP contribution in [0.3, 0.4) is 0 Å². The first-order valence-electron chi connectivity index (χ1n) is 6.34. The molecule has 0 heterocycles. The lowest BCUT2D eigenvalue weighted by Gasteiger charge is -2.12. The lowest BCUT2D eigenvalue weighted by atomic mass is 10.0. The Morgan fingerprint density at radius 2 is 1.45 bits per heavy atom. The van der Waals surface area contributed by atoms with E-state index in [0.717, 1.165) is 22.3 Å². The van der Waals surface area contributed by atoms with Gasteiger partial charge in [-0.15, -0.1) is 0 Å². The average Bonchev–Trinajstić information content (AvgIpc) is 2.34. The minimum atomic E-state index is -3.45. The zero-order valence-electron chi connectivity index (χ0n) is 11.8. The molecule has 0 aliphatic rings. The molecule has 0 spiro atoms. The molecular weight excluding hydrogens is 275 g/mol. The Morgan fingerprint density at radius 3 is 1.95 bits per heavy atom. The summed E-state index contributed by atoms with van der Waals surface area (Å²) in [5.41, 5.74) is 3.87. The first-order chi connectivity index (χ1) is 9.29. The van der Waals surface area contributed by atoms with Gasteiger partial charge in [0.05, 0.1) is 10.6 Å². The Morgan fingerprint density at radius 1 is 0.950 bits per heavy atom. The van der Waals surface area contributed by atoms with E-state index in [4.69, 9.17) is 0 Å². The third-order valence-electron chi connectivity index (χ3n) is 3.35. The first-order valence-corrected chi connectivity index (χ1v) is 8.00. The molecule has 20 heavy (non-hydrogen) atoms. The van der Waals surface area contributed by atoms with Crippen LogP contribution in [0.2, 0.25) is 0 Å². The molecule has 0 radical (unpaired) electrons. The van der Waals surface area contributed by atoms with Gasteiger partial charge in [-0.25, -0.2) is 12.8 Å². The highest BCUT2D eigenvalue weighted by Crippen LogP contribution is 2.23. The molecule has 0 N–H and O–H groups in total. The van der Waals surface area contributed by atoms with E-state index in [9.17, 15) is 12.8 Å². The van der Waals surface area contributed by atoms with E-state index in [2.05, 4.69) is 0 Å². The third-order valence-corrected chi connectivity index (χ3v) is 5.01. The molecule has 106 valence electrons. The van der Waals surface area contributed by atoms with E-state index in [1.807, 2.05) is 32.9 Å². The van der Waals surface area contributed by atoms with Crippen LogP contribution in [0.5, 0.6) is 0 Å². The van der Waals surface area contributed by atoms with Crippen molar-refractivity contribution < 1.29 is 12.8 Å². The first kappa shape index (κ1) is 14.7. The maximum absolute atomic E-state index is 12.9. The molecule has 0 aliphatic heterocycles. The zero-order valence-corrected chi connectivity index (χ0v) is 12.6. The van der Waals surface area contributed by atoms with Gasteiger partial charge in [0.25, 0.3) is 0 Å². The van der Waals surface area contributed by atoms with Crippen LogP contribution in [-0.2, 0) is 15.6 Å². The monoisotopic (exact) mass is 292 g/mol. The van der Waals surface area contributed by atoms with Crippen molar-refractivity contribution in [3.05, 3.63) is 64.5 Å². The second kappa shape index (κ2) is 5.37. The summed E-state index contributed by atoms with van der Waals surface area (Å²) in [6.45, 7) is 5.81. The summed E-state index contributed by atoms with van der Waals surface area (Å²) < 4.78 is 37.6. The van der Waals surface area contributed by atoms with Crippen LogP contribution in [0.4, 0.5) is 4.39 Å². The summed E-state index contributed by atoms with van der Waals surface area (Å²) >= 11 is 0. The fraction of sp³-hybridized carbons (Fsp3) is 0.250. The number of sulfone groups is 1. The van der Waals surface area contributed by atoms with Crippen LogP contribution in [0.15, 0.2) is 41.3 Å². The predicted molar refractivity (Wildman–Crippen MR) is 77.9 cm³/mol. The molecule has 2 aromatic carbocycles. The maximum Gasteiger partial charge on any atom is 0.182 e. The highest BCUT2D eigenvalue weighted by molar-refractivity contribution is 7.90. The fourth-order valence-electron chi connectivity index (χ4n) is 2.35. The lowest BCUT2D eigenvalue weighted by molar-refractivity contribution is 0.593. The summed E-state index contributed by atoms with van der Waals surface area (Å²) in [5.74, 6) is -0.497. The van der Waals surface area contributed by atoms with Crippen molar-refractivity contribution in [3.8, 4) is 0 Å². The van der Waals surface area contributed by atoms with Gasteiger partial charge in [-0.3, -0.25) is 0 Å². The van der Waals surface area contributed by atoms with E-state index < -0.39 is 15.7 Å². The van der Waals surface area contributed by atoms with E-state index in [0.29, 0.717) is 0 Å². The molecule has 2 aromatic rings. The predicted octanol–water partition coefficient (Wildman–Crippen LogP) is 3.72. The number of aryl methyl sites for hydroxylation is 3. The van der Waals surface area contributed by atoms with Crippen LogP contribution in [0, 0.1) is 26.6 Å². The van der Waals surface area contributed by atoms with Crippen molar-refractivity contribution in [2.75, 3.05) is 0 Å². The quantitative estimate of drug-likeness (QED) is 0.808. The van der Waals surface area contributed by atoms with Crippen molar-refractivity contribution in [3.63, 3.8) is 0 Å². The second-order valence-corrected chi connectivity index (χ2v) is 7.08. The van der Waals surface area contributed by atoms with Crippen LogP contribution in [-0.4, -0.2) is 8.42 Å². The third kappa shape index (κ3) is 3.07. The molecule has 0 fully saturated rings. The molecule has 2 nitrogen and oxygen atoms in total.